The van der Waals surface area contributed by atoms with E-state index in [9.17, 15) is 4.79 Å². The monoisotopic (exact) mass is 345 g/mol. The second-order valence-corrected chi connectivity index (χ2v) is 6.38. The lowest BCUT2D eigenvalue weighted by Crippen LogP contribution is -2.37. The standard InChI is InChI=1S/C18H27N5O2/c1-14(2)11-25-10-4-9-20-18(24)22-15(3)16-5-7-17(8-6-16)23-13-19-12-21-23/h5-8,12-15H,4,9-11H2,1-3H3,(H2,20,22,24)/t15-/m1/s1. The normalized spacial score (nSPS) is 12.2. The van der Waals surface area contributed by atoms with E-state index >= 15 is 0 Å². The van der Waals surface area contributed by atoms with E-state index in [0.29, 0.717) is 19.1 Å². The van der Waals surface area contributed by atoms with Crippen molar-refractivity contribution in [3.8, 4) is 5.69 Å². The molecule has 2 amide bonds. The predicted octanol–water partition coefficient (Wildman–Crippen LogP) is 2.69. The van der Waals surface area contributed by atoms with E-state index in [0.717, 1.165) is 24.3 Å². The first kappa shape index (κ1) is 18.9. The minimum absolute atomic E-state index is 0.0815. The van der Waals surface area contributed by atoms with Crippen LogP contribution in [0.15, 0.2) is 36.9 Å². The molecule has 0 aliphatic rings. The summed E-state index contributed by atoms with van der Waals surface area (Å²) in [6.07, 6.45) is 3.95. The first-order valence-corrected chi connectivity index (χ1v) is 8.63. The minimum atomic E-state index is -0.170. The van der Waals surface area contributed by atoms with Gasteiger partial charge in [-0.3, -0.25) is 0 Å². The average Bonchev–Trinajstić information content (AvgIpc) is 3.12. The van der Waals surface area contributed by atoms with Crippen LogP contribution in [0.5, 0.6) is 0 Å². The van der Waals surface area contributed by atoms with Gasteiger partial charge >= 0.3 is 6.03 Å². The van der Waals surface area contributed by atoms with Crippen molar-refractivity contribution in [2.75, 3.05) is 19.8 Å². The average molecular weight is 345 g/mol. The highest BCUT2D eigenvalue weighted by molar-refractivity contribution is 5.74. The third-order valence-corrected chi connectivity index (χ3v) is 3.63. The zero-order chi connectivity index (χ0) is 18.1. The van der Waals surface area contributed by atoms with Crippen molar-refractivity contribution in [1.82, 2.24) is 25.4 Å². The predicted molar refractivity (Wildman–Crippen MR) is 96.6 cm³/mol. The molecule has 1 heterocycles. The number of nitrogens with one attached hydrogen (secondary N) is 2. The molecule has 0 radical (unpaired) electrons. The van der Waals surface area contributed by atoms with Crippen LogP contribution in [0.3, 0.4) is 0 Å². The molecule has 1 atom stereocenters. The Morgan fingerprint density at radius 1 is 1.24 bits per heavy atom. The van der Waals surface area contributed by atoms with E-state index in [1.54, 1.807) is 11.0 Å². The van der Waals surface area contributed by atoms with Gasteiger partial charge in [0.05, 0.1) is 11.7 Å². The summed E-state index contributed by atoms with van der Waals surface area (Å²) in [5.74, 6) is 0.535. The lowest BCUT2D eigenvalue weighted by atomic mass is 10.1. The number of urea groups is 1. The van der Waals surface area contributed by atoms with Gasteiger partial charge in [-0.15, -0.1) is 0 Å². The van der Waals surface area contributed by atoms with Crippen LogP contribution in [-0.4, -0.2) is 40.6 Å². The number of hydrogen-bond acceptors (Lipinski definition) is 4. The largest absolute Gasteiger partial charge is 0.381 e. The Morgan fingerprint density at radius 2 is 2.00 bits per heavy atom. The summed E-state index contributed by atoms with van der Waals surface area (Å²) >= 11 is 0. The number of nitrogens with zero attached hydrogens (tertiary/aromatic N) is 3. The van der Waals surface area contributed by atoms with Gasteiger partial charge in [0, 0.05) is 19.8 Å². The maximum absolute atomic E-state index is 11.9. The van der Waals surface area contributed by atoms with Gasteiger partial charge in [-0.05, 0) is 37.0 Å². The Morgan fingerprint density at radius 3 is 2.64 bits per heavy atom. The summed E-state index contributed by atoms with van der Waals surface area (Å²) in [5, 5.41) is 9.88. The summed E-state index contributed by atoms with van der Waals surface area (Å²) in [6.45, 7) is 8.21. The molecule has 1 aromatic carbocycles. The highest BCUT2D eigenvalue weighted by atomic mass is 16.5. The molecule has 0 unspecified atom stereocenters. The maximum atomic E-state index is 11.9. The van der Waals surface area contributed by atoms with Crippen LogP contribution in [0.2, 0.25) is 0 Å². The van der Waals surface area contributed by atoms with E-state index in [4.69, 9.17) is 4.74 Å². The van der Waals surface area contributed by atoms with Crippen molar-refractivity contribution >= 4 is 6.03 Å². The maximum Gasteiger partial charge on any atom is 0.315 e. The Bertz CT molecular complexity index is 625. The molecule has 2 rings (SSSR count). The van der Waals surface area contributed by atoms with E-state index in [1.807, 2.05) is 31.2 Å². The summed E-state index contributed by atoms with van der Waals surface area (Å²) in [4.78, 5) is 15.9. The third kappa shape index (κ3) is 6.54. The quantitative estimate of drug-likeness (QED) is 0.685. The Hall–Kier alpha value is -2.41. The van der Waals surface area contributed by atoms with Crippen LogP contribution >= 0.6 is 0 Å². The molecule has 136 valence electrons. The van der Waals surface area contributed by atoms with Crippen molar-refractivity contribution in [2.45, 2.75) is 33.2 Å². The van der Waals surface area contributed by atoms with Crippen molar-refractivity contribution in [3.63, 3.8) is 0 Å². The Balaban J connectivity index is 1.70. The molecule has 0 saturated heterocycles. The number of carbonyl (C=O) groups excluding carboxylic acids is 1. The SMILES string of the molecule is CC(C)COCCCNC(=O)N[C@H](C)c1ccc(-n2cncn2)cc1. The first-order valence-electron chi connectivity index (χ1n) is 8.63. The van der Waals surface area contributed by atoms with E-state index in [1.165, 1.54) is 6.33 Å². The lowest BCUT2D eigenvalue weighted by molar-refractivity contribution is 0.108. The van der Waals surface area contributed by atoms with Gasteiger partial charge in [-0.2, -0.15) is 5.10 Å². The zero-order valence-electron chi connectivity index (χ0n) is 15.1. The molecule has 0 aliphatic carbocycles. The zero-order valence-corrected chi connectivity index (χ0v) is 15.1. The van der Waals surface area contributed by atoms with Gasteiger partial charge in [0.25, 0.3) is 0 Å². The van der Waals surface area contributed by atoms with E-state index < -0.39 is 0 Å². The molecular formula is C18H27N5O2. The highest BCUT2D eigenvalue weighted by Crippen LogP contribution is 2.14. The molecule has 7 nitrogen and oxygen atoms in total. The van der Waals surface area contributed by atoms with E-state index in [2.05, 4.69) is 34.6 Å². The van der Waals surface area contributed by atoms with Crippen molar-refractivity contribution < 1.29 is 9.53 Å². The molecule has 2 aromatic rings. The second-order valence-electron chi connectivity index (χ2n) is 6.38. The van der Waals surface area contributed by atoms with Crippen LogP contribution < -0.4 is 10.6 Å². The highest BCUT2D eigenvalue weighted by Gasteiger charge is 2.09. The molecular weight excluding hydrogens is 318 g/mol. The van der Waals surface area contributed by atoms with E-state index in [-0.39, 0.29) is 12.1 Å². The number of aromatic nitrogens is 3. The molecule has 2 N–H and O–H groups in total. The number of benzene rings is 1. The lowest BCUT2D eigenvalue weighted by Gasteiger charge is -2.15. The molecule has 0 bridgehead atoms. The summed E-state index contributed by atoms with van der Waals surface area (Å²) in [5.41, 5.74) is 1.96. The van der Waals surface area contributed by atoms with Crippen molar-refractivity contribution in [2.24, 2.45) is 5.92 Å². The van der Waals surface area contributed by atoms with Gasteiger partial charge in [-0.25, -0.2) is 14.5 Å². The first-order chi connectivity index (χ1) is 12.1. The van der Waals surface area contributed by atoms with Gasteiger partial charge in [0.15, 0.2) is 0 Å². The third-order valence-electron chi connectivity index (χ3n) is 3.63. The topological polar surface area (TPSA) is 81.1 Å². The van der Waals surface area contributed by atoms with Gasteiger partial charge in [0.1, 0.15) is 12.7 Å². The van der Waals surface area contributed by atoms with Crippen molar-refractivity contribution in [1.29, 1.82) is 0 Å². The number of rotatable bonds is 9. The fourth-order valence-electron chi connectivity index (χ4n) is 2.28. The number of hydrogen-bond donors (Lipinski definition) is 2. The van der Waals surface area contributed by atoms with Crippen LogP contribution in [0.25, 0.3) is 5.69 Å². The van der Waals surface area contributed by atoms with Crippen molar-refractivity contribution in [3.05, 3.63) is 42.5 Å². The molecule has 0 aliphatic heterocycles. The van der Waals surface area contributed by atoms with Gasteiger partial charge in [0.2, 0.25) is 0 Å². The van der Waals surface area contributed by atoms with Crippen LogP contribution in [0.4, 0.5) is 4.79 Å². The number of carbonyl (C=O) groups is 1. The fourth-order valence-corrected chi connectivity index (χ4v) is 2.28. The summed E-state index contributed by atoms with van der Waals surface area (Å²) < 4.78 is 7.18. The Kier molecular flexibility index (Phi) is 7.40. The summed E-state index contributed by atoms with van der Waals surface area (Å²) in [7, 11) is 0. The van der Waals surface area contributed by atoms with Gasteiger partial charge < -0.3 is 15.4 Å². The minimum Gasteiger partial charge on any atom is -0.381 e. The molecule has 7 heteroatoms. The summed E-state index contributed by atoms with van der Waals surface area (Å²) in [6, 6.07) is 7.60. The number of amides is 2. The molecule has 0 spiro atoms. The molecule has 1 aromatic heterocycles. The second kappa shape index (κ2) is 9.78. The fraction of sp³-hybridized carbons (Fsp3) is 0.500. The molecule has 0 saturated carbocycles. The smallest absolute Gasteiger partial charge is 0.315 e. The van der Waals surface area contributed by atoms with Gasteiger partial charge in [-0.1, -0.05) is 26.0 Å². The molecule has 25 heavy (non-hydrogen) atoms. The van der Waals surface area contributed by atoms with Crippen LogP contribution in [0.1, 0.15) is 38.8 Å². The van der Waals surface area contributed by atoms with Crippen LogP contribution in [0, 0.1) is 5.92 Å². The van der Waals surface area contributed by atoms with Crippen LogP contribution in [-0.2, 0) is 4.74 Å². The molecule has 0 fully saturated rings. The number of ether oxygens (including phenoxy) is 1. The Labute approximate surface area is 148 Å².